The molecule has 0 atom stereocenters. The van der Waals surface area contributed by atoms with Crippen LogP contribution in [0.2, 0.25) is 5.02 Å². The first-order valence-corrected chi connectivity index (χ1v) is 12.0. The molecular weight excluding hydrogens is 444 g/mol. The van der Waals surface area contributed by atoms with Crippen LogP contribution in [0.4, 0.5) is 17.4 Å². The summed E-state index contributed by atoms with van der Waals surface area (Å²) in [5, 5.41) is 6.19. The summed E-state index contributed by atoms with van der Waals surface area (Å²) in [7, 11) is -3.29. The number of sulfonamides is 1. The van der Waals surface area contributed by atoms with Crippen LogP contribution >= 0.6 is 11.6 Å². The van der Waals surface area contributed by atoms with Gasteiger partial charge in [-0.05, 0) is 31.2 Å². The average molecular weight is 473 g/mol. The summed E-state index contributed by atoms with van der Waals surface area (Å²) in [4.78, 5) is 18.2. The van der Waals surface area contributed by atoms with E-state index in [-0.39, 0.29) is 18.9 Å². The Morgan fingerprint density at radius 1 is 1.29 bits per heavy atom. The second-order valence-electron chi connectivity index (χ2n) is 7.14. The summed E-state index contributed by atoms with van der Waals surface area (Å²) in [5.74, 6) is -0.399. The zero-order valence-corrected chi connectivity index (χ0v) is 18.9. The Morgan fingerprint density at radius 3 is 2.68 bits per heavy atom. The predicted molar refractivity (Wildman–Crippen MR) is 123 cm³/mol. The van der Waals surface area contributed by atoms with Crippen molar-refractivity contribution in [3.8, 4) is 0 Å². The monoisotopic (exact) mass is 472 g/mol. The number of carbonyl (C=O) groups is 1. The van der Waals surface area contributed by atoms with Gasteiger partial charge in [0.1, 0.15) is 6.26 Å². The summed E-state index contributed by atoms with van der Waals surface area (Å²) >= 11 is 6.23. The fourth-order valence-electron chi connectivity index (χ4n) is 3.24. The van der Waals surface area contributed by atoms with Crippen molar-refractivity contribution < 1.29 is 19.1 Å². The molecule has 0 spiro atoms. The number of hydrogen-bond donors (Lipinski definition) is 3. The van der Waals surface area contributed by atoms with Crippen molar-refractivity contribution in [3.63, 3.8) is 0 Å². The highest BCUT2D eigenvalue weighted by Crippen LogP contribution is 2.29. The van der Waals surface area contributed by atoms with Crippen LogP contribution in [-0.2, 0) is 10.0 Å². The third kappa shape index (κ3) is 6.10. The smallest absolute Gasteiger partial charge is 0.292 e. The van der Waals surface area contributed by atoms with Crippen LogP contribution in [0.15, 0.2) is 28.9 Å². The van der Waals surface area contributed by atoms with Crippen LogP contribution in [0, 0.1) is 0 Å². The fourth-order valence-corrected chi connectivity index (χ4v) is 4.79. The number of piperazine rings is 1. The number of nitrogens with zero attached hydrogens (tertiary/aromatic N) is 3. The molecule has 31 heavy (non-hydrogen) atoms. The first kappa shape index (κ1) is 23.3. The van der Waals surface area contributed by atoms with E-state index in [1.807, 2.05) is 13.0 Å². The van der Waals surface area contributed by atoms with Gasteiger partial charge in [0.2, 0.25) is 10.0 Å². The quantitative estimate of drug-likeness (QED) is 0.471. The van der Waals surface area contributed by atoms with E-state index < -0.39 is 15.9 Å². The minimum absolute atomic E-state index is 0. The number of amides is 1. The number of nitrogen functional groups attached to an aromatic ring is 1. The van der Waals surface area contributed by atoms with Gasteiger partial charge in [-0.2, -0.15) is 9.29 Å². The predicted octanol–water partition coefficient (Wildman–Crippen LogP) is 1.86. The van der Waals surface area contributed by atoms with Gasteiger partial charge in [0, 0.05) is 39.8 Å². The number of hydrogen-bond acceptors (Lipinski definition) is 8. The van der Waals surface area contributed by atoms with Gasteiger partial charge in [-0.3, -0.25) is 4.79 Å². The molecule has 0 radical (unpaired) electrons. The Bertz CT molecular complexity index is 1010. The Balaban J connectivity index is 0.00000363. The molecule has 1 aliphatic heterocycles. The molecule has 1 saturated heterocycles. The number of oxazole rings is 1. The zero-order valence-electron chi connectivity index (χ0n) is 17.3. The second kappa shape index (κ2) is 10.3. The van der Waals surface area contributed by atoms with Crippen molar-refractivity contribution in [3.05, 3.63) is 35.2 Å². The third-order valence-electron chi connectivity index (χ3n) is 4.91. The molecule has 172 valence electrons. The molecule has 1 aromatic heterocycles. The van der Waals surface area contributed by atoms with Gasteiger partial charge >= 0.3 is 0 Å². The normalized spacial score (nSPS) is 15.2. The lowest BCUT2D eigenvalue weighted by atomic mass is 10.2. The van der Waals surface area contributed by atoms with Crippen LogP contribution < -0.4 is 21.3 Å². The van der Waals surface area contributed by atoms with Crippen LogP contribution in [0.1, 0.15) is 25.3 Å². The molecule has 1 aromatic carbocycles. The molecular formula is C19H29ClN6O4S. The first-order valence-electron chi connectivity index (χ1n) is 10.1. The van der Waals surface area contributed by atoms with Crippen molar-refractivity contribution in [2.75, 3.05) is 61.0 Å². The van der Waals surface area contributed by atoms with E-state index in [0.717, 1.165) is 18.7 Å². The molecule has 10 nitrogen and oxygen atoms in total. The van der Waals surface area contributed by atoms with Crippen molar-refractivity contribution in [2.24, 2.45) is 0 Å². The van der Waals surface area contributed by atoms with Gasteiger partial charge in [0.05, 0.1) is 16.5 Å². The van der Waals surface area contributed by atoms with E-state index in [1.165, 1.54) is 10.6 Å². The standard InChI is InChI=1S/C19H27ClN6O4S.H2/c1-2-5-22-6-11-31(28,29)26-9-7-25(8-10-26)14-3-4-15(20)16(12-14)23-18(27)17-13-30-19(21)24-17;/h3-4,12-13,22H,2,5-11H2,1H3,(H2,21,24)(H,23,27);1H. The summed E-state index contributed by atoms with van der Waals surface area (Å²) in [6, 6.07) is 5.18. The number of nitrogens with two attached hydrogens (primary N) is 1. The van der Waals surface area contributed by atoms with Crippen molar-refractivity contribution in [2.45, 2.75) is 13.3 Å². The van der Waals surface area contributed by atoms with Crippen LogP contribution in [0.3, 0.4) is 0 Å². The minimum Gasteiger partial charge on any atom is -0.431 e. The maximum absolute atomic E-state index is 12.5. The van der Waals surface area contributed by atoms with E-state index in [0.29, 0.717) is 43.4 Å². The molecule has 1 aliphatic rings. The number of rotatable bonds is 9. The molecule has 4 N–H and O–H groups in total. The number of benzene rings is 1. The largest absolute Gasteiger partial charge is 0.431 e. The average Bonchev–Trinajstić information content (AvgIpc) is 3.19. The van der Waals surface area contributed by atoms with Gasteiger partial charge in [-0.1, -0.05) is 18.5 Å². The Labute approximate surface area is 188 Å². The van der Waals surface area contributed by atoms with E-state index in [9.17, 15) is 13.2 Å². The number of halogens is 1. The molecule has 12 heteroatoms. The molecule has 1 amide bonds. The van der Waals surface area contributed by atoms with Crippen molar-refractivity contribution >= 4 is 44.9 Å². The van der Waals surface area contributed by atoms with Crippen LogP contribution in [0.5, 0.6) is 0 Å². The third-order valence-corrected chi connectivity index (χ3v) is 7.12. The van der Waals surface area contributed by atoms with E-state index in [4.69, 9.17) is 21.8 Å². The summed E-state index contributed by atoms with van der Waals surface area (Å²) in [6.45, 7) is 5.18. The Kier molecular flexibility index (Phi) is 7.76. The lowest BCUT2D eigenvalue weighted by Gasteiger charge is -2.35. The maximum atomic E-state index is 12.5. The lowest BCUT2D eigenvalue weighted by Crippen LogP contribution is -2.50. The van der Waals surface area contributed by atoms with Gasteiger partial charge < -0.3 is 25.7 Å². The van der Waals surface area contributed by atoms with E-state index in [1.54, 1.807) is 12.1 Å². The molecule has 0 unspecified atom stereocenters. The van der Waals surface area contributed by atoms with Crippen molar-refractivity contribution in [1.82, 2.24) is 14.6 Å². The Hall–Kier alpha value is -2.34. The van der Waals surface area contributed by atoms with Crippen LogP contribution in [-0.4, -0.2) is 68.6 Å². The number of nitrogens with one attached hydrogen (secondary N) is 2. The molecule has 0 aliphatic carbocycles. The molecule has 2 heterocycles. The highest BCUT2D eigenvalue weighted by Gasteiger charge is 2.27. The summed E-state index contributed by atoms with van der Waals surface area (Å²) in [5.41, 5.74) is 6.70. The molecule has 2 aromatic rings. The van der Waals surface area contributed by atoms with Gasteiger partial charge in [-0.25, -0.2) is 8.42 Å². The van der Waals surface area contributed by atoms with Gasteiger partial charge in [0.15, 0.2) is 5.69 Å². The number of carbonyl (C=O) groups excluding carboxylic acids is 1. The Morgan fingerprint density at radius 2 is 2.03 bits per heavy atom. The highest BCUT2D eigenvalue weighted by atomic mass is 35.5. The maximum Gasteiger partial charge on any atom is 0.292 e. The topological polar surface area (TPSA) is 134 Å². The highest BCUT2D eigenvalue weighted by molar-refractivity contribution is 7.89. The van der Waals surface area contributed by atoms with E-state index in [2.05, 4.69) is 20.5 Å². The SMILES string of the molecule is CCCNCCS(=O)(=O)N1CCN(c2ccc(Cl)c(NC(=O)c3coc(N)n3)c2)CC1.[HH]. The lowest BCUT2D eigenvalue weighted by molar-refractivity contribution is 0.102. The fraction of sp³-hybridized carbons (Fsp3) is 0.474. The molecule has 0 saturated carbocycles. The van der Waals surface area contributed by atoms with E-state index >= 15 is 0 Å². The second-order valence-corrected chi connectivity index (χ2v) is 9.64. The first-order chi connectivity index (χ1) is 14.8. The number of aromatic nitrogens is 1. The van der Waals surface area contributed by atoms with Gasteiger partial charge in [0.25, 0.3) is 11.9 Å². The van der Waals surface area contributed by atoms with Crippen LogP contribution in [0.25, 0.3) is 0 Å². The zero-order chi connectivity index (χ0) is 22.4. The molecule has 0 bridgehead atoms. The minimum atomic E-state index is -3.29. The molecule has 3 rings (SSSR count). The summed E-state index contributed by atoms with van der Waals surface area (Å²) in [6.07, 6.45) is 2.13. The van der Waals surface area contributed by atoms with Gasteiger partial charge in [-0.15, -0.1) is 0 Å². The number of anilines is 3. The summed E-state index contributed by atoms with van der Waals surface area (Å²) < 4.78 is 31.4. The van der Waals surface area contributed by atoms with Crippen molar-refractivity contribution in [1.29, 1.82) is 0 Å². The molecule has 1 fully saturated rings.